The van der Waals surface area contributed by atoms with Gasteiger partial charge in [-0.2, -0.15) is 26.3 Å². The van der Waals surface area contributed by atoms with Crippen LogP contribution in [0.5, 0.6) is 0 Å². The predicted octanol–water partition coefficient (Wildman–Crippen LogP) is 9.26. The minimum Gasteiger partial charge on any atom is -0.395 e. The highest BCUT2D eigenvalue weighted by Crippen LogP contribution is 2.55. The van der Waals surface area contributed by atoms with Crippen molar-refractivity contribution in [3.05, 3.63) is 90.0 Å². The van der Waals surface area contributed by atoms with Crippen molar-refractivity contribution in [2.45, 2.75) is 38.4 Å². The summed E-state index contributed by atoms with van der Waals surface area (Å²) in [4.78, 5) is 11.4. The molecule has 5 nitrogen and oxygen atoms in total. The molecule has 13 heteroatoms. The topological polar surface area (TPSA) is 33.2 Å². The van der Waals surface area contributed by atoms with Gasteiger partial charge in [0.2, 0.25) is 0 Å². The molecular weight excluding hydrogens is 671 g/mol. The zero-order valence-electron chi connectivity index (χ0n) is 25.7. The van der Waals surface area contributed by atoms with Gasteiger partial charge in [-0.25, -0.2) is 0 Å². The molecule has 0 bridgehead atoms. The van der Waals surface area contributed by atoms with Crippen molar-refractivity contribution in [1.29, 1.82) is 0 Å². The third-order valence-corrected chi connectivity index (χ3v) is 11.1. The molecule has 0 radical (unpaired) electrons. The fourth-order valence-electron chi connectivity index (χ4n) is 6.47. The molecule has 0 aliphatic carbocycles. The highest BCUT2D eigenvalue weighted by atomic mass is 32.2. The molecule has 1 saturated heterocycles. The molecule has 3 aliphatic heterocycles. The van der Waals surface area contributed by atoms with Gasteiger partial charge in [-0.1, -0.05) is 35.7 Å². The van der Waals surface area contributed by atoms with E-state index < -0.39 is 23.5 Å². The Bertz CT molecular complexity index is 1810. The van der Waals surface area contributed by atoms with E-state index in [2.05, 4.69) is 9.80 Å². The van der Waals surface area contributed by atoms with Gasteiger partial charge in [-0.05, 0) is 79.7 Å². The minimum atomic E-state index is -4.51. The molecule has 0 atom stereocenters. The van der Waals surface area contributed by atoms with Crippen LogP contribution in [0.4, 0.5) is 54.8 Å². The van der Waals surface area contributed by atoms with Crippen LogP contribution >= 0.6 is 23.5 Å². The Hall–Kier alpha value is -3.36. The second-order valence-electron chi connectivity index (χ2n) is 11.9. The van der Waals surface area contributed by atoms with E-state index in [0.29, 0.717) is 46.4 Å². The van der Waals surface area contributed by atoms with E-state index >= 15 is 0 Å². The maximum Gasteiger partial charge on any atom is 0.416 e. The van der Waals surface area contributed by atoms with Gasteiger partial charge < -0.3 is 19.8 Å². The van der Waals surface area contributed by atoms with Crippen LogP contribution in [0.15, 0.2) is 98.4 Å². The van der Waals surface area contributed by atoms with Crippen molar-refractivity contribution in [1.82, 2.24) is 9.80 Å². The molecule has 4 aromatic rings. The van der Waals surface area contributed by atoms with E-state index in [1.54, 1.807) is 0 Å². The highest BCUT2D eigenvalue weighted by Gasteiger charge is 2.36. The van der Waals surface area contributed by atoms with E-state index in [-0.39, 0.29) is 6.61 Å². The summed E-state index contributed by atoms with van der Waals surface area (Å²) in [6.45, 7) is 5.46. The van der Waals surface area contributed by atoms with Gasteiger partial charge in [0.25, 0.3) is 0 Å². The van der Waals surface area contributed by atoms with Gasteiger partial charge in [0, 0.05) is 64.5 Å². The number of aliphatic hydroxyl groups is 1. The summed E-state index contributed by atoms with van der Waals surface area (Å²) >= 11 is 2.78. The van der Waals surface area contributed by atoms with E-state index in [1.165, 1.54) is 47.8 Å². The van der Waals surface area contributed by atoms with Crippen LogP contribution in [0.25, 0.3) is 0 Å². The predicted molar refractivity (Wildman–Crippen MR) is 177 cm³/mol. The third kappa shape index (κ3) is 6.62. The van der Waals surface area contributed by atoms with Crippen LogP contribution in [0.3, 0.4) is 0 Å². The first-order valence-corrected chi connectivity index (χ1v) is 17.3. The first-order valence-electron chi connectivity index (χ1n) is 15.6. The molecule has 0 saturated carbocycles. The Morgan fingerprint density at radius 3 is 1.81 bits per heavy atom. The molecule has 0 unspecified atom stereocenters. The number of hydrogen-bond acceptors (Lipinski definition) is 7. The normalized spacial score (nSPS) is 16.7. The maximum absolute atomic E-state index is 13.8. The summed E-state index contributed by atoms with van der Waals surface area (Å²) in [5, 5.41) is 9.24. The van der Waals surface area contributed by atoms with Crippen LogP contribution in [0, 0.1) is 0 Å². The lowest BCUT2D eigenvalue weighted by Crippen LogP contribution is -2.47. The summed E-state index contributed by atoms with van der Waals surface area (Å²) in [7, 11) is 0. The summed E-state index contributed by atoms with van der Waals surface area (Å²) in [5.41, 5.74) is 1.61. The van der Waals surface area contributed by atoms with E-state index in [1.807, 2.05) is 52.3 Å². The monoisotopic (exact) mass is 702 g/mol. The second kappa shape index (κ2) is 13.2. The molecule has 1 fully saturated rings. The van der Waals surface area contributed by atoms with Crippen molar-refractivity contribution in [3.8, 4) is 0 Å². The molecule has 252 valence electrons. The number of hydrogen-bond donors (Lipinski definition) is 1. The molecule has 3 aliphatic rings. The molecule has 4 aromatic carbocycles. The maximum atomic E-state index is 13.8. The standard InChI is InChI=1S/C35H32F6N4OS2/c36-34(37,38)23-6-10-31-28(20-23)44(13-3-12-42-14-16-43(17-15-42)18-19-46)26-9-8-25(22-33(26)48-31)45-27-4-1-2-5-30(27)47-32-11-7-24(21-29(32)45)35(39,40)41/h1-2,4-11,20-22,46H,3,12-19H2. The molecule has 7 rings (SSSR count). The fourth-order valence-corrected chi connectivity index (χ4v) is 8.61. The number of rotatable bonds is 7. The van der Waals surface area contributed by atoms with Gasteiger partial charge in [0.1, 0.15) is 0 Å². The number of benzene rings is 4. The largest absolute Gasteiger partial charge is 0.416 e. The number of anilines is 5. The Kier molecular flexibility index (Phi) is 9.09. The van der Waals surface area contributed by atoms with E-state index in [9.17, 15) is 31.4 Å². The molecule has 0 amide bonds. The minimum absolute atomic E-state index is 0.123. The number of piperazine rings is 1. The molecule has 48 heavy (non-hydrogen) atoms. The summed E-state index contributed by atoms with van der Waals surface area (Å²) in [5.74, 6) is 0. The summed E-state index contributed by atoms with van der Waals surface area (Å²) < 4.78 is 83.0. The Balaban J connectivity index is 1.23. The number of aliphatic hydroxyl groups excluding tert-OH is 1. The lowest BCUT2D eigenvalue weighted by atomic mass is 10.1. The molecule has 1 N–H and O–H groups in total. The molecule has 0 aromatic heterocycles. The smallest absolute Gasteiger partial charge is 0.395 e. The lowest BCUT2D eigenvalue weighted by Gasteiger charge is -2.37. The Labute approximate surface area is 283 Å². The highest BCUT2D eigenvalue weighted by molar-refractivity contribution is 8.00. The quantitative estimate of drug-likeness (QED) is 0.169. The van der Waals surface area contributed by atoms with Crippen molar-refractivity contribution in [3.63, 3.8) is 0 Å². The van der Waals surface area contributed by atoms with E-state index in [0.717, 1.165) is 66.0 Å². The molecule has 0 spiro atoms. The SMILES string of the molecule is OCCN1CCN(CCCN2c3ccc(N4c5ccccc5Sc5ccc(C(F)(F)F)cc54)cc3Sc3ccc(C(F)(F)F)cc32)CC1. The van der Waals surface area contributed by atoms with Crippen molar-refractivity contribution in [2.75, 3.05) is 62.2 Å². The second-order valence-corrected chi connectivity index (χ2v) is 14.1. The van der Waals surface area contributed by atoms with Gasteiger partial charge in [-0.15, -0.1) is 0 Å². The van der Waals surface area contributed by atoms with Crippen molar-refractivity contribution >= 4 is 52.0 Å². The lowest BCUT2D eigenvalue weighted by molar-refractivity contribution is -0.138. The number of para-hydroxylation sites is 1. The summed E-state index contributed by atoms with van der Waals surface area (Å²) in [6.07, 6.45) is -8.29. The van der Waals surface area contributed by atoms with Crippen LogP contribution in [-0.4, -0.2) is 67.3 Å². The number of nitrogens with zero attached hydrogens (tertiary/aromatic N) is 4. The van der Waals surface area contributed by atoms with Crippen LogP contribution < -0.4 is 9.80 Å². The van der Waals surface area contributed by atoms with Crippen LogP contribution in [0.2, 0.25) is 0 Å². The number of halogens is 6. The molecular formula is C35H32F6N4OS2. The summed E-state index contributed by atoms with van der Waals surface area (Å²) in [6, 6.07) is 20.8. The molecule has 3 heterocycles. The fraction of sp³-hybridized carbons (Fsp3) is 0.314. The first-order chi connectivity index (χ1) is 23.0. The first kappa shape index (κ1) is 33.2. The third-order valence-electron chi connectivity index (χ3n) is 8.88. The van der Waals surface area contributed by atoms with Gasteiger partial charge in [0.05, 0.1) is 40.5 Å². The average molecular weight is 703 g/mol. The van der Waals surface area contributed by atoms with E-state index in [4.69, 9.17) is 0 Å². The van der Waals surface area contributed by atoms with Gasteiger partial charge in [-0.3, -0.25) is 4.90 Å². The average Bonchev–Trinajstić information content (AvgIpc) is 3.06. The van der Waals surface area contributed by atoms with Crippen molar-refractivity contribution < 1.29 is 31.4 Å². The zero-order valence-corrected chi connectivity index (χ0v) is 27.3. The van der Waals surface area contributed by atoms with Crippen LogP contribution in [-0.2, 0) is 12.4 Å². The Morgan fingerprint density at radius 1 is 0.562 bits per heavy atom. The number of alkyl halides is 6. The van der Waals surface area contributed by atoms with Gasteiger partial charge >= 0.3 is 12.4 Å². The Morgan fingerprint density at radius 2 is 1.15 bits per heavy atom. The van der Waals surface area contributed by atoms with Crippen molar-refractivity contribution in [2.24, 2.45) is 0 Å². The number of β-amino-alcohol motifs (C(OH)–C–C–N with tert-alkyl or cyclic N) is 1. The zero-order chi connectivity index (χ0) is 33.6. The van der Waals surface area contributed by atoms with Crippen LogP contribution in [0.1, 0.15) is 17.5 Å². The number of fused-ring (bicyclic) bond motifs is 4. The van der Waals surface area contributed by atoms with Gasteiger partial charge in [0.15, 0.2) is 0 Å².